The van der Waals surface area contributed by atoms with Gasteiger partial charge in [-0.25, -0.2) is 9.82 Å². The first-order valence-corrected chi connectivity index (χ1v) is 10.8. The fraction of sp³-hybridized carbons (Fsp3) is 0.167. The Balaban J connectivity index is 1.48. The van der Waals surface area contributed by atoms with Gasteiger partial charge in [-0.15, -0.1) is 0 Å². The minimum Gasteiger partial charge on any atom is -0.455 e. The first kappa shape index (κ1) is 23.2. The average Bonchev–Trinajstić information content (AvgIpc) is 3.18. The zero-order chi connectivity index (χ0) is 24.2. The lowest BCUT2D eigenvalue weighted by molar-refractivity contribution is 0.0829. The maximum absolute atomic E-state index is 13.1. The Morgan fingerprint density at radius 1 is 0.971 bits per heavy atom. The highest BCUT2D eigenvalue weighted by atomic mass is 35.5. The van der Waals surface area contributed by atoms with Gasteiger partial charge in [0.05, 0.1) is 16.3 Å². The van der Waals surface area contributed by atoms with E-state index in [0.717, 1.165) is 6.42 Å². The highest BCUT2D eigenvalue weighted by Crippen LogP contribution is 2.29. The molecule has 0 radical (unpaired) electrons. The van der Waals surface area contributed by atoms with Gasteiger partial charge in [-0.3, -0.25) is 25.2 Å². The molecule has 0 atom stereocenters. The van der Waals surface area contributed by atoms with E-state index in [9.17, 15) is 18.8 Å². The third-order valence-electron chi connectivity index (χ3n) is 5.34. The number of hydrogen-bond acceptors (Lipinski definition) is 5. The Bertz CT molecular complexity index is 1300. The molecule has 1 aromatic heterocycles. The summed E-state index contributed by atoms with van der Waals surface area (Å²) in [5, 5.41) is 4.48. The molecule has 3 amide bonds. The van der Waals surface area contributed by atoms with Gasteiger partial charge in [-0.1, -0.05) is 23.7 Å². The molecule has 0 unspecified atom stereocenters. The van der Waals surface area contributed by atoms with Crippen LogP contribution in [0.25, 0.3) is 0 Å². The highest BCUT2D eigenvalue weighted by molar-refractivity contribution is 6.33. The van der Waals surface area contributed by atoms with E-state index >= 15 is 0 Å². The number of hydrazine groups is 1. The number of furan rings is 1. The number of amides is 3. The minimum absolute atomic E-state index is 0.0314. The Morgan fingerprint density at radius 3 is 2.41 bits per heavy atom. The summed E-state index contributed by atoms with van der Waals surface area (Å²) in [6.45, 7) is 1.70. The Kier molecular flexibility index (Phi) is 6.74. The van der Waals surface area contributed by atoms with Crippen LogP contribution in [-0.4, -0.2) is 23.4 Å². The molecule has 4 rings (SSSR count). The van der Waals surface area contributed by atoms with Crippen molar-refractivity contribution in [2.75, 3.05) is 0 Å². The van der Waals surface area contributed by atoms with E-state index in [1.807, 2.05) is 0 Å². The molecule has 0 aliphatic heterocycles. The number of rotatable bonds is 4. The second kappa shape index (κ2) is 9.88. The summed E-state index contributed by atoms with van der Waals surface area (Å²) >= 11 is 6.01. The molecular formula is C24H20ClFN4O4. The third kappa shape index (κ3) is 4.84. The van der Waals surface area contributed by atoms with Gasteiger partial charge in [0, 0.05) is 23.1 Å². The molecule has 1 heterocycles. The lowest BCUT2D eigenvalue weighted by atomic mass is 9.93. The second-order valence-corrected chi connectivity index (χ2v) is 8.01. The fourth-order valence-corrected chi connectivity index (χ4v) is 3.89. The van der Waals surface area contributed by atoms with Gasteiger partial charge in [0.1, 0.15) is 11.6 Å². The van der Waals surface area contributed by atoms with Gasteiger partial charge in [0.2, 0.25) is 0 Å². The Morgan fingerprint density at radius 2 is 1.68 bits per heavy atom. The number of benzene rings is 2. The van der Waals surface area contributed by atoms with Crippen molar-refractivity contribution in [1.29, 1.82) is 0 Å². The van der Waals surface area contributed by atoms with E-state index in [0.29, 0.717) is 35.4 Å². The number of nitrogens with one attached hydrogen (secondary N) is 3. The number of aryl methyl sites for hydroxylation is 1. The zero-order valence-corrected chi connectivity index (χ0v) is 18.8. The van der Waals surface area contributed by atoms with Gasteiger partial charge in [0.15, 0.2) is 5.76 Å². The molecule has 0 saturated heterocycles. The van der Waals surface area contributed by atoms with E-state index in [1.54, 1.807) is 25.1 Å². The quantitative estimate of drug-likeness (QED) is 0.489. The smallest absolute Gasteiger partial charge is 0.305 e. The van der Waals surface area contributed by atoms with Crippen molar-refractivity contribution >= 4 is 35.0 Å². The van der Waals surface area contributed by atoms with Gasteiger partial charge in [-0.05, 0) is 56.2 Å². The summed E-state index contributed by atoms with van der Waals surface area (Å²) < 4.78 is 18.8. The van der Waals surface area contributed by atoms with Crippen LogP contribution < -0.4 is 16.3 Å². The van der Waals surface area contributed by atoms with Crippen LogP contribution in [0.5, 0.6) is 0 Å². The normalized spacial score (nSPS) is 13.8. The molecule has 0 bridgehead atoms. The topological polar surface area (TPSA) is 113 Å². The molecular weight excluding hydrogens is 463 g/mol. The lowest BCUT2D eigenvalue weighted by Gasteiger charge is -2.13. The van der Waals surface area contributed by atoms with Crippen LogP contribution in [-0.2, 0) is 6.42 Å². The summed E-state index contributed by atoms with van der Waals surface area (Å²) in [5.41, 5.74) is 9.36. The predicted octanol–water partition coefficient (Wildman–Crippen LogP) is 3.93. The van der Waals surface area contributed by atoms with Crippen molar-refractivity contribution in [3.8, 4) is 0 Å². The van der Waals surface area contributed by atoms with E-state index in [2.05, 4.69) is 21.4 Å². The monoisotopic (exact) mass is 482 g/mol. The number of carbonyl (C=O) groups is 3. The van der Waals surface area contributed by atoms with Gasteiger partial charge >= 0.3 is 5.91 Å². The van der Waals surface area contributed by atoms with Crippen molar-refractivity contribution in [3.63, 3.8) is 0 Å². The van der Waals surface area contributed by atoms with Gasteiger partial charge < -0.3 is 4.42 Å². The van der Waals surface area contributed by atoms with Crippen LogP contribution in [0.1, 0.15) is 61.0 Å². The first-order chi connectivity index (χ1) is 16.3. The maximum atomic E-state index is 13.1. The number of fused-ring (bicyclic) bond motifs is 1. The molecule has 2 aromatic carbocycles. The molecule has 0 saturated carbocycles. The zero-order valence-electron chi connectivity index (χ0n) is 18.1. The fourth-order valence-electron chi connectivity index (χ4n) is 3.66. The summed E-state index contributed by atoms with van der Waals surface area (Å²) in [7, 11) is 0. The average molecular weight is 483 g/mol. The summed E-state index contributed by atoms with van der Waals surface area (Å²) in [6, 6.07) is 11.5. The third-order valence-corrected chi connectivity index (χ3v) is 5.67. The van der Waals surface area contributed by atoms with Crippen LogP contribution >= 0.6 is 11.6 Å². The van der Waals surface area contributed by atoms with Crippen LogP contribution in [0.15, 0.2) is 58.0 Å². The molecule has 0 spiro atoms. The largest absolute Gasteiger partial charge is 0.455 e. The standard InChI is InChI=1S/C24H20ClFN4O4/c1-13-20-18(27-28-22(31)14-9-11-15(26)12-10-14)7-4-8-19(20)34-21(13)24(33)30-29-23(32)16-5-2-3-6-17(16)25/h2-3,5-6,9-12H,4,7-8H2,1H3,(H,28,31)(H,29,32)(H,30,33)/b27-18+. The van der Waals surface area contributed by atoms with Crippen LogP contribution in [0.3, 0.4) is 0 Å². The molecule has 3 N–H and O–H groups in total. The highest BCUT2D eigenvalue weighted by Gasteiger charge is 2.28. The van der Waals surface area contributed by atoms with Crippen molar-refractivity contribution in [2.45, 2.75) is 26.2 Å². The van der Waals surface area contributed by atoms with E-state index in [1.165, 1.54) is 30.3 Å². The van der Waals surface area contributed by atoms with Crippen LogP contribution in [0, 0.1) is 12.7 Å². The van der Waals surface area contributed by atoms with E-state index < -0.39 is 23.5 Å². The SMILES string of the molecule is Cc1c(C(=O)NNC(=O)c2ccccc2Cl)oc2c1/C(=N/NC(=O)c1ccc(F)cc1)CCC2. The van der Waals surface area contributed by atoms with Crippen molar-refractivity contribution in [2.24, 2.45) is 5.10 Å². The Hall–Kier alpha value is -3.98. The Labute approximate surface area is 199 Å². The minimum atomic E-state index is -0.637. The number of hydrazone groups is 1. The van der Waals surface area contributed by atoms with E-state index in [-0.39, 0.29) is 21.9 Å². The second-order valence-electron chi connectivity index (χ2n) is 7.60. The van der Waals surface area contributed by atoms with Gasteiger partial charge in [-0.2, -0.15) is 5.10 Å². The van der Waals surface area contributed by atoms with Crippen LogP contribution in [0.2, 0.25) is 5.02 Å². The summed E-state index contributed by atoms with van der Waals surface area (Å²) in [5.74, 6) is -1.53. The maximum Gasteiger partial charge on any atom is 0.305 e. The van der Waals surface area contributed by atoms with Crippen molar-refractivity contribution in [3.05, 3.63) is 93.1 Å². The van der Waals surface area contributed by atoms with Crippen molar-refractivity contribution < 1.29 is 23.2 Å². The molecule has 34 heavy (non-hydrogen) atoms. The summed E-state index contributed by atoms with van der Waals surface area (Å²) in [4.78, 5) is 37.3. The molecule has 0 fully saturated rings. The molecule has 3 aromatic rings. The van der Waals surface area contributed by atoms with E-state index in [4.69, 9.17) is 16.0 Å². The van der Waals surface area contributed by atoms with Crippen LogP contribution in [0.4, 0.5) is 4.39 Å². The van der Waals surface area contributed by atoms with Crippen molar-refractivity contribution in [1.82, 2.24) is 16.3 Å². The molecule has 10 heteroatoms. The molecule has 1 aliphatic carbocycles. The molecule has 1 aliphatic rings. The van der Waals surface area contributed by atoms with Gasteiger partial charge in [0.25, 0.3) is 11.8 Å². The number of carbonyl (C=O) groups excluding carboxylic acids is 3. The number of hydrogen-bond donors (Lipinski definition) is 3. The first-order valence-electron chi connectivity index (χ1n) is 10.5. The lowest BCUT2D eigenvalue weighted by Crippen LogP contribution is -2.41. The summed E-state index contributed by atoms with van der Waals surface area (Å²) in [6.07, 6.45) is 1.89. The number of halogens is 2. The number of nitrogens with zero attached hydrogens (tertiary/aromatic N) is 1. The molecule has 174 valence electrons. The molecule has 8 nitrogen and oxygen atoms in total. The predicted molar refractivity (Wildman–Crippen MR) is 123 cm³/mol.